The Morgan fingerprint density at radius 1 is 1.00 bits per heavy atom. The van der Waals surface area contributed by atoms with Crippen LogP contribution < -0.4 is 0 Å². The minimum absolute atomic E-state index is 0.274. The van der Waals surface area contributed by atoms with Gasteiger partial charge in [0.05, 0.1) is 16.6 Å². The number of aromatic amines is 1. The van der Waals surface area contributed by atoms with Gasteiger partial charge in [0.15, 0.2) is 0 Å². The van der Waals surface area contributed by atoms with Crippen LogP contribution in [0.15, 0.2) is 28.7 Å². The van der Waals surface area contributed by atoms with E-state index in [1.807, 2.05) is 19.1 Å². The Labute approximate surface area is 123 Å². The molecule has 1 N–H and O–H groups in total. The summed E-state index contributed by atoms with van der Waals surface area (Å²) in [6.07, 6.45) is 0. The SMILES string of the molecule is Cc1cc(-c2nc3c(C)cc(Br)cc3[nH]2)c(F)cc1F. The zero-order valence-corrected chi connectivity index (χ0v) is 12.5. The molecule has 3 aromatic rings. The Kier molecular flexibility index (Phi) is 3.09. The molecule has 2 nitrogen and oxygen atoms in total. The van der Waals surface area contributed by atoms with Crippen molar-refractivity contribution in [3.8, 4) is 11.4 Å². The van der Waals surface area contributed by atoms with Crippen molar-refractivity contribution in [2.75, 3.05) is 0 Å². The summed E-state index contributed by atoms with van der Waals surface area (Å²) in [7, 11) is 0. The minimum Gasteiger partial charge on any atom is -0.338 e. The van der Waals surface area contributed by atoms with Crippen LogP contribution in [0.1, 0.15) is 11.1 Å². The molecule has 20 heavy (non-hydrogen) atoms. The van der Waals surface area contributed by atoms with Gasteiger partial charge in [-0.05, 0) is 43.2 Å². The zero-order valence-electron chi connectivity index (χ0n) is 10.9. The molecule has 0 bridgehead atoms. The van der Waals surface area contributed by atoms with Crippen LogP contribution in [0.5, 0.6) is 0 Å². The molecular weight excluding hydrogens is 326 g/mol. The van der Waals surface area contributed by atoms with Crippen LogP contribution in [-0.4, -0.2) is 9.97 Å². The zero-order chi connectivity index (χ0) is 14.4. The van der Waals surface area contributed by atoms with E-state index in [9.17, 15) is 8.78 Å². The second kappa shape index (κ2) is 4.66. The number of hydrogen-bond acceptors (Lipinski definition) is 1. The maximum atomic E-state index is 13.9. The molecule has 0 saturated heterocycles. The number of hydrogen-bond donors (Lipinski definition) is 1. The average Bonchev–Trinajstić information content (AvgIpc) is 2.77. The number of fused-ring (bicyclic) bond motifs is 1. The van der Waals surface area contributed by atoms with E-state index < -0.39 is 11.6 Å². The lowest BCUT2D eigenvalue weighted by atomic mass is 10.1. The predicted molar refractivity (Wildman–Crippen MR) is 78.6 cm³/mol. The van der Waals surface area contributed by atoms with Gasteiger partial charge in [-0.25, -0.2) is 13.8 Å². The van der Waals surface area contributed by atoms with Crippen molar-refractivity contribution in [3.63, 3.8) is 0 Å². The highest BCUT2D eigenvalue weighted by molar-refractivity contribution is 9.10. The Morgan fingerprint density at radius 2 is 1.75 bits per heavy atom. The van der Waals surface area contributed by atoms with Crippen LogP contribution in [0.2, 0.25) is 0 Å². The molecule has 2 aromatic carbocycles. The third-order valence-corrected chi connectivity index (χ3v) is 3.70. The van der Waals surface area contributed by atoms with E-state index >= 15 is 0 Å². The largest absolute Gasteiger partial charge is 0.338 e. The number of nitrogens with zero attached hydrogens (tertiary/aromatic N) is 1. The standard InChI is InChI=1S/C15H11BrF2N2/c1-7-4-10(12(18)6-11(7)17)15-19-13-5-9(16)3-8(2)14(13)20-15/h3-6H,1-2H3,(H,19,20). The third-order valence-electron chi connectivity index (χ3n) is 3.25. The van der Waals surface area contributed by atoms with Crippen LogP contribution >= 0.6 is 15.9 Å². The molecule has 0 unspecified atom stereocenters. The van der Waals surface area contributed by atoms with Gasteiger partial charge in [0.25, 0.3) is 0 Å². The van der Waals surface area contributed by atoms with Crippen molar-refractivity contribution in [2.24, 2.45) is 0 Å². The molecule has 0 radical (unpaired) electrons. The second-order valence-electron chi connectivity index (χ2n) is 4.79. The molecule has 0 spiro atoms. The topological polar surface area (TPSA) is 28.7 Å². The first-order chi connectivity index (χ1) is 9.45. The number of rotatable bonds is 1. The van der Waals surface area contributed by atoms with Gasteiger partial charge in [0.1, 0.15) is 17.5 Å². The van der Waals surface area contributed by atoms with Crippen molar-refractivity contribution >= 4 is 27.0 Å². The van der Waals surface area contributed by atoms with Crippen molar-refractivity contribution in [1.29, 1.82) is 0 Å². The number of halogens is 3. The summed E-state index contributed by atoms with van der Waals surface area (Å²) in [5.74, 6) is -0.771. The van der Waals surface area contributed by atoms with Crippen LogP contribution in [0.25, 0.3) is 22.4 Å². The molecule has 1 aromatic heterocycles. The Hall–Kier alpha value is -1.75. The first-order valence-corrected chi connectivity index (χ1v) is 6.87. The van der Waals surface area contributed by atoms with E-state index in [1.54, 1.807) is 6.92 Å². The molecule has 0 amide bonds. The van der Waals surface area contributed by atoms with Gasteiger partial charge in [-0.3, -0.25) is 0 Å². The molecule has 0 aliphatic heterocycles. The Balaban J connectivity index is 2.25. The van der Waals surface area contributed by atoms with Crippen molar-refractivity contribution in [2.45, 2.75) is 13.8 Å². The van der Waals surface area contributed by atoms with Crippen LogP contribution in [-0.2, 0) is 0 Å². The summed E-state index contributed by atoms with van der Waals surface area (Å²) in [5, 5.41) is 0. The van der Waals surface area contributed by atoms with E-state index in [-0.39, 0.29) is 5.56 Å². The number of imidazole rings is 1. The molecule has 0 aliphatic rings. The smallest absolute Gasteiger partial charge is 0.141 e. The number of nitrogens with one attached hydrogen (secondary N) is 1. The van der Waals surface area contributed by atoms with E-state index in [4.69, 9.17) is 0 Å². The monoisotopic (exact) mass is 336 g/mol. The molecule has 0 atom stereocenters. The van der Waals surface area contributed by atoms with E-state index in [0.29, 0.717) is 11.4 Å². The highest BCUT2D eigenvalue weighted by Gasteiger charge is 2.14. The number of H-pyrrole nitrogens is 1. The highest BCUT2D eigenvalue weighted by Crippen LogP contribution is 2.28. The highest BCUT2D eigenvalue weighted by atomic mass is 79.9. The predicted octanol–water partition coefficient (Wildman–Crippen LogP) is 4.89. The maximum Gasteiger partial charge on any atom is 0.141 e. The van der Waals surface area contributed by atoms with E-state index in [1.165, 1.54) is 6.07 Å². The average molecular weight is 337 g/mol. The molecular formula is C15H11BrF2N2. The van der Waals surface area contributed by atoms with Crippen molar-refractivity contribution < 1.29 is 8.78 Å². The molecule has 0 fully saturated rings. The molecule has 0 aliphatic carbocycles. The van der Waals surface area contributed by atoms with E-state index in [0.717, 1.165) is 27.1 Å². The summed E-state index contributed by atoms with van der Waals surface area (Å²) < 4.78 is 28.2. The lowest BCUT2D eigenvalue weighted by Gasteiger charge is -2.02. The van der Waals surface area contributed by atoms with Gasteiger partial charge in [0.2, 0.25) is 0 Å². The van der Waals surface area contributed by atoms with Crippen molar-refractivity contribution in [3.05, 3.63) is 51.5 Å². The Morgan fingerprint density at radius 3 is 2.50 bits per heavy atom. The summed E-state index contributed by atoms with van der Waals surface area (Å²) in [5.41, 5.74) is 3.24. The normalized spacial score (nSPS) is 11.2. The van der Waals surface area contributed by atoms with Gasteiger partial charge in [-0.15, -0.1) is 0 Å². The quantitative estimate of drug-likeness (QED) is 0.673. The van der Waals surface area contributed by atoms with Gasteiger partial charge in [-0.2, -0.15) is 0 Å². The molecule has 5 heteroatoms. The maximum absolute atomic E-state index is 13.9. The summed E-state index contributed by atoms with van der Waals surface area (Å²) >= 11 is 3.41. The number of benzene rings is 2. The third kappa shape index (κ3) is 2.12. The summed E-state index contributed by atoms with van der Waals surface area (Å²) in [4.78, 5) is 7.49. The van der Waals surface area contributed by atoms with Crippen molar-refractivity contribution in [1.82, 2.24) is 9.97 Å². The number of aromatic nitrogens is 2. The fourth-order valence-electron chi connectivity index (χ4n) is 2.21. The molecule has 102 valence electrons. The summed E-state index contributed by atoms with van der Waals surface area (Å²) in [6, 6.07) is 6.18. The lowest BCUT2D eigenvalue weighted by molar-refractivity contribution is 0.579. The molecule has 0 saturated carbocycles. The minimum atomic E-state index is -0.621. The first kappa shape index (κ1) is 13.2. The number of aryl methyl sites for hydroxylation is 2. The van der Waals surface area contributed by atoms with Gasteiger partial charge in [-0.1, -0.05) is 15.9 Å². The van der Waals surface area contributed by atoms with Crippen LogP contribution in [0, 0.1) is 25.5 Å². The van der Waals surface area contributed by atoms with Gasteiger partial charge in [0, 0.05) is 10.5 Å². The van der Waals surface area contributed by atoms with Crippen LogP contribution in [0.3, 0.4) is 0 Å². The van der Waals surface area contributed by atoms with Crippen LogP contribution in [0.4, 0.5) is 8.78 Å². The fraction of sp³-hybridized carbons (Fsp3) is 0.133. The lowest BCUT2D eigenvalue weighted by Crippen LogP contribution is -1.91. The van der Waals surface area contributed by atoms with Gasteiger partial charge >= 0.3 is 0 Å². The summed E-state index contributed by atoms with van der Waals surface area (Å²) in [6.45, 7) is 3.53. The van der Waals surface area contributed by atoms with E-state index in [2.05, 4.69) is 25.9 Å². The molecule has 1 heterocycles. The second-order valence-corrected chi connectivity index (χ2v) is 5.70. The first-order valence-electron chi connectivity index (χ1n) is 6.07. The fourth-order valence-corrected chi connectivity index (χ4v) is 2.79. The van der Waals surface area contributed by atoms with Gasteiger partial charge < -0.3 is 4.98 Å². The Bertz CT molecular complexity index is 824. The molecule has 3 rings (SSSR count).